The van der Waals surface area contributed by atoms with E-state index in [1.807, 2.05) is 18.2 Å². The van der Waals surface area contributed by atoms with Crippen LogP contribution in [0.4, 0.5) is 4.39 Å². The molecule has 2 rings (SSSR count). The fraction of sp³-hybridized carbons (Fsp3) is 0.250. The normalized spacial score (nSPS) is 10.7. The Hall–Kier alpha value is -1.10. The van der Waals surface area contributed by atoms with Crippen molar-refractivity contribution in [1.29, 1.82) is 0 Å². The van der Waals surface area contributed by atoms with Gasteiger partial charge in [0.05, 0.1) is 0 Å². The first kappa shape index (κ1) is 16.3. The quantitative estimate of drug-likeness (QED) is 0.776. The van der Waals surface area contributed by atoms with E-state index in [0.717, 1.165) is 23.1 Å². The van der Waals surface area contributed by atoms with Crippen molar-refractivity contribution in [2.75, 3.05) is 6.54 Å². The van der Waals surface area contributed by atoms with E-state index in [4.69, 9.17) is 16.3 Å². The standard InChI is InChI=1S/C16H16BrClFNO/c1-2-20-9-11-8-14(4-5-15(11)17)21-10-12-7-13(18)3-6-16(12)19/h3-8,20H,2,9-10H2,1H3. The van der Waals surface area contributed by atoms with E-state index in [-0.39, 0.29) is 12.4 Å². The third-order valence-electron chi connectivity index (χ3n) is 2.98. The van der Waals surface area contributed by atoms with Crippen LogP contribution in [0.5, 0.6) is 5.75 Å². The average molecular weight is 373 g/mol. The molecule has 2 aromatic carbocycles. The second-order valence-electron chi connectivity index (χ2n) is 4.56. The fourth-order valence-electron chi connectivity index (χ4n) is 1.85. The Morgan fingerprint density at radius 2 is 2.00 bits per heavy atom. The molecule has 0 spiro atoms. The molecule has 112 valence electrons. The first-order valence-electron chi connectivity index (χ1n) is 6.66. The molecule has 1 N–H and O–H groups in total. The van der Waals surface area contributed by atoms with Crippen molar-refractivity contribution in [3.8, 4) is 5.75 Å². The van der Waals surface area contributed by atoms with Crippen molar-refractivity contribution < 1.29 is 9.13 Å². The van der Waals surface area contributed by atoms with E-state index >= 15 is 0 Å². The average Bonchev–Trinajstić information content (AvgIpc) is 2.48. The van der Waals surface area contributed by atoms with Crippen molar-refractivity contribution in [3.63, 3.8) is 0 Å². The zero-order chi connectivity index (χ0) is 15.2. The van der Waals surface area contributed by atoms with Gasteiger partial charge in [-0.1, -0.05) is 34.5 Å². The molecule has 0 unspecified atom stereocenters. The Bertz CT molecular complexity index is 621. The second-order valence-corrected chi connectivity index (χ2v) is 5.85. The van der Waals surface area contributed by atoms with Gasteiger partial charge in [-0.15, -0.1) is 0 Å². The summed E-state index contributed by atoms with van der Waals surface area (Å²) in [6.45, 7) is 3.84. The molecule has 0 amide bonds. The number of hydrogen-bond acceptors (Lipinski definition) is 2. The Morgan fingerprint density at radius 3 is 2.76 bits per heavy atom. The van der Waals surface area contributed by atoms with Gasteiger partial charge in [-0.3, -0.25) is 0 Å². The van der Waals surface area contributed by atoms with Crippen molar-refractivity contribution in [2.24, 2.45) is 0 Å². The summed E-state index contributed by atoms with van der Waals surface area (Å²) < 4.78 is 20.3. The molecule has 0 aromatic heterocycles. The largest absolute Gasteiger partial charge is 0.489 e. The van der Waals surface area contributed by atoms with Crippen molar-refractivity contribution in [1.82, 2.24) is 5.32 Å². The van der Waals surface area contributed by atoms with Crippen LogP contribution in [-0.2, 0) is 13.2 Å². The van der Waals surface area contributed by atoms with Gasteiger partial charge in [0, 0.05) is 21.6 Å². The van der Waals surface area contributed by atoms with Gasteiger partial charge in [0.15, 0.2) is 0 Å². The van der Waals surface area contributed by atoms with Gasteiger partial charge in [0.25, 0.3) is 0 Å². The molecule has 0 aliphatic carbocycles. The van der Waals surface area contributed by atoms with Crippen molar-refractivity contribution in [2.45, 2.75) is 20.1 Å². The minimum absolute atomic E-state index is 0.147. The van der Waals surface area contributed by atoms with E-state index in [9.17, 15) is 4.39 Å². The minimum atomic E-state index is -0.315. The molecular formula is C16H16BrClFNO. The smallest absolute Gasteiger partial charge is 0.129 e. The molecule has 0 saturated carbocycles. The lowest BCUT2D eigenvalue weighted by Crippen LogP contribution is -2.12. The van der Waals surface area contributed by atoms with Crippen LogP contribution >= 0.6 is 27.5 Å². The van der Waals surface area contributed by atoms with Gasteiger partial charge >= 0.3 is 0 Å². The Morgan fingerprint density at radius 1 is 1.19 bits per heavy atom. The Labute approximate surface area is 137 Å². The van der Waals surface area contributed by atoms with Crippen LogP contribution in [0, 0.1) is 5.82 Å². The summed E-state index contributed by atoms with van der Waals surface area (Å²) in [4.78, 5) is 0. The topological polar surface area (TPSA) is 21.3 Å². The molecule has 0 aliphatic heterocycles. The summed E-state index contributed by atoms with van der Waals surface area (Å²) in [5, 5.41) is 3.76. The lowest BCUT2D eigenvalue weighted by Gasteiger charge is -2.11. The second kappa shape index (κ2) is 7.78. The number of ether oxygens (including phenoxy) is 1. The maximum atomic E-state index is 13.6. The zero-order valence-corrected chi connectivity index (χ0v) is 14.0. The predicted molar refractivity (Wildman–Crippen MR) is 87.3 cm³/mol. The number of benzene rings is 2. The molecule has 2 nitrogen and oxygen atoms in total. The summed E-state index contributed by atoms with van der Waals surface area (Å²) in [7, 11) is 0. The summed E-state index contributed by atoms with van der Waals surface area (Å²) >= 11 is 9.37. The van der Waals surface area contributed by atoms with Crippen LogP contribution < -0.4 is 10.1 Å². The maximum absolute atomic E-state index is 13.6. The number of halogens is 3. The summed E-state index contributed by atoms with van der Waals surface area (Å²) in [5.74, 6) is 0.384. The highest BCUT2D eigenvalue weighted by atomic mass is 79.9. The Kier molecular flexibility index (Phi) is 6.03. The van der Waals surface area contributed by atoms with E-state index in [0.29, 0.717) is 16.3 Å². The van der Waals surface area contributed by atoms with Crippen LogP contribution in [-0.4, -0.2) is 6.54 Å². The fourth-order valence-corrected chi connectivity index (χ4v) is 2.43. The van der Waals surface area contributed by atoms with Gasteiger partial charge < -0.3 is 10.1 Å². The molecule has 2 aromatic rings. The number of nitrogens with one attached hydrogen (secondary N) is 1. The maximum Gasteiger partial charge on any atom is 0.129 e. The zero-order valence-electron chi connectivity index (χ0n) is 11.6. The third kappa shape index (κ3) is 4.70. The van der Waals surface area contributed by atoms with E-state index < -0.39 is 0 Å². The van der Waals surface area contributed by atoms with Crippen LogP contribution in [0.1, 0.15) is 18.1 Å². The third-order valence-corrected chi connectivity index (χ3v) is 3.99. The highest BCUT2D eigenvalue weighted by molar-refractivity contribution is 9.10. The van der Waals surface area contributed by atoms with Gasteiger partial charge in [-0.2, -0.15) is 0 Å². The van der Waals surface area contributed by atoms with Crippen LogP contribution in [0.2, 0.25) is 5.02 Å². The predicted octanol–water partition coefficient (Wildman–Crippen LogP) is 4.93. The van der Waals surface area contributed by atoms with Gasteiger partial charge in [0.1, 0.15) is 18.2 Å². The first-order chi connectivity index (χ1) is 10.1. The van der Waals surface area contributed by atoms with Crippen LogP contribution in [0.15, 0.2) is 40.9 Å². The van der Waals surface area contributed by atoms with Gasteiger partial charge in [-0.05, 0) is 48.5 Å². The minimum Gasteiger partial charge on any atom is -0.489 e. The lowest BCUT2D eigenvalue weighted by molar-refractivity contribution is 0.299. The molecule has 0 radical (unpaired) electrons. The molecule has 21 heavy (non-hydrogen) atoms. The highest BCUT2D eigenvalue weighted by Crippen LogP contribution is 2.24. The number of hydrogen-bond donors (Lipinski definition) is 1. The van der Waals surface area contributed by atoms with E-state index in [2.05, 4.69) is 28.2 Å². The van der Waals surface area contributed by atoms with E-state index in [1.54, 1.807) is 6.07 Å². The van der Waals surface area contributed by atoms with Crippen molar-refractivity contribution >= 4 is 27.5 Å². The highest BCUT2D eigenvalue weighted by Gasteiger charge is 2.06. The van der Waals surface area contributed by atoms with Crippen LogP contribution in [0.25, 0.3) is 0 Å². The number of rotatable bonds is 6. The molecule has 0 fully saturated rings. The SMILES string of the molecule is CCNCc1cc(OCc2cc(Cl)ccc2F)ccc1Br. The molecule has 0 heterocycles. The molecule has 0 aliphatic rings. The summed E-state index contributed by atoms with van der Waals surface area (Å²) in [5.41, 5.74) is 1.54. The first-order valence-corrected chi connectivity index (χ1v) is 7.83. The molecular weight excluding hydrogens is 357 g/mol. The molecule has 0 bridgehead atoms. The van der Waals surface area contributed by atoms with Crippen LogP contribution in [0.3, 0.4) is 0 Å². The summed E-state index contributed by atoms with van der Waals surface area (Å²) in [6.07, 6.45) is 0. The van der Waals surface area contributed by atoms with Gasteiger partial charge in [-0.25, -0.2) is 4.39 Å². The van der Waals surface area contributed by atoms with Gasteiger partial charge in [0.2, 0.25) is 0 Å². The van der Waals surface area contributed by atoms with Crippen molar-refractivity contribution in [3.05, 3.63) is 62.8 Å². The molecule has 0 atom stereocenters. The Balaban J connectivity index is 2.07. The summed E-state index contributed by atoms with van der Waals surface area (Å²) in [6, 6.07) is 10.2. The molecule has 5 heteroatoms. The monoisotopic (exact) mass is 371 g/mol. The molecule has 0 saturated heterocycles. The lowest BCUT2D eigenvalue weighted by atomic mass is 10.2. The van der Waals surface area contributed by atoms with E-state index in [1.165, 1.54) is 12.1 Å².